The zero-order chi connectivity index (χ0) is 23.3. The molecular formula is C20H20F3IN4O4. The van der Waals surface area contributed by atoms with Gasteiger partial charge in [-0.1, -0.05) is 0 Å². The lowest BCUT2D eigenvalue weighted by molar-refractivity contribution is 0.0168. The van der Waals surface area contributed by atoms with E-state index in [1.165, 1.54) is 17.0 Å². The molecule has 32 heavy (non-hydrogen) atoms. The summed E-state index contributed by atoms with van der Waals surface area (Å²) in [7, 11) is 0. The van der Waals surface area contributed by atoms with Crippen LogP contribution in [0.2, 0.25) is 0 Å². The number of rotatable bonds is 8. The molecule has 4 N–H and O–H groups in total. The van der Waals surface area contributed by atoms with Crippen molar-refractivity contribution in [2.45, 2.75) is 13.0 Å². The predicted molar refractivity (Wildman–Crippen MR) is 118 cm³/mol. The normalized spacial score (nSPS) is 13.7. The number of aliphatic hydroxyl groups excluding tert-OH is 1. The molecule has 0 saturated carbocycles. The van der Waals surface area contributed by atoms with Crippen molar-refractivity contribution in [1.82, 2.24) is 15.7 Å². The van der Waals surface area contributed by atoms with Crippen molar-refractivity contribution < 1.29 is 32.7 Å². The molecule has 0 spiro atoms. The molecule has 8 nitrogen and oxygen atoms in total. The van der Waals surface area contributed by atoms with E-state index in [2.05, 4.69) is 10.6 Å². The van der Waals surface area contributed by atoms with E-state index in [-0.39, 0.29) is 36.6 Å². The van der Waals surface area contributed by atoms with Gasteiger partial charge in [0.25, 0.3) is 5.91 Å². The smallest absolute Gasteiger partial charge is 0.317 e. The average Bonchev–Trinajstić information content (AvgIpc) is 2.76. The number of halogens is 4. The number of hydrogen-bond donors (Lipinski definition) is 4. The summed E-state index contributed by atoms with van der Waals surface area (Å²) in [5.74, 6) is -4.36. The van der Waals surface area contributed by atoms with Crippen LogP contribution in [0.1, 0.15) is 22.3 Å². The third-order valence-electron chi connectivity index (χ3n) is 4.61. The third kappa shape index (κ3) is 5.61. The highest BCUT2D eigenvalue weighted by Gasteiger charge is 2.26. The molecule has 0 radical (unpaired) electrons. The lowest BCUT2D eigenvalue weighted by Gasteiger charge is -2.28. The van der Waals surface area contributed by atoms with Gasteiger partial charge in [0.15, 0.2) is 11.6 Å². The molecule has 0 aromatic heterocycles. The average molecular weight is 564 g/mol. The molecule has 1 aliphatic heterocycles. The molecule has 172 valence electrons. The first-order chi connectivity index (χ1) is 15.3. The second-order valence-corrected chi connectivity index (χ2v) is 8.09. The van der Waals surface area contributed by atoms with E-state index in [1.54, 1.807) is 6.07 Å². The standard InChI is InChI=1S/C20H20F3IN4O4/c21-14-9-12(24)2-3-15(14)26-18-13(19(30)27-32-7-6-29)8-11(16(22)17(18)23)10-28-5-1-4-25-20(28)31/h2-3,8-9,26,29H,1,4-7,10H2,(H,25,31)(H,27,30). The molecule has 3 amide bonds. The number of carbonyl (C=O) groups excluding carboxylic acids is 2. The van der Waals surface area contributed by atoms with Crippen LogP contribution in [0.15, 0.2) is 24.3 Å². The third-order valence-corrected chi connectivity index (χ3v) is 5.28. The maximum atomic E-state index is 15.1. The minimum absolute atomic E-state index is 0.169. The fourth-order valence-electron chi connectivity index (χ4n) is 3.07. The van der Waals surface area contributed by atoms with Crippen molar-refractivity contribution in [1.29, 1.82) is 0 Å². The Hall–Kier alpha value is -2.58. The van der Waals surface area contributed by atoms with Crippen molar-refractivity contribution in [3.63, 3.8) is 0 Å². The zero-order valence-corrected chi connectivity index (χ0v) is 18.8. The van der Waals surface area contributed by atoms with Crippen molar-refractivity contribution in [2.75, 3.05) is 31.6 Å². The summed E-state index contributed by atoms with van der Waals surface area (Å²) in [5, 5.41) is 13.8. The number of aliphatic hydroxyl groups is 1. The summed E-state index contributed by atoms with van der Waals surface area (Å²) < 4.78 is 44.9. The van der Waals surface area contributed by atoms with Crippen LogP contribution in [0.4, 0.5) is 29.3 Å². The van der Waals surface area contributed by atoms with Gasteiger partial charge in [-0.3, -0.25) is 9.63 Å². The van der Waals surface area contributed by atoms with Crippen molar-refractivity contribution in [2.24, 2.45) is 0 Å². The van der Waals surface area contributed by atoms with Gasteiger partial charge in [0.1, 0.15) is 5.82 Å². The molecule has 0 aliphatic carbocycles. The van der Waals surface area contributed by atoms with Gasteiger partial charge in [0.05, 0.1) is 36.7 Å². The van der Waals surface area contributed by atoms with Gasteiger partial charge in [0, 0.05) is 22.2 Å². The van der Waals surface area contributed by atoms with Gasteiger partial charge < -0.3 is 20.6 Å². The van der Waals surface area contributed by atoms with E-state index in [1.807, 2.05) is 28.1 Å². The van der Waals surface area contributed by atoms with Crippen LogP contribution in [0.5, 0.6) is 0 Å². The summed E-state index contributed by atoms with van der Waals surface area (Å²) >= 11 is 1.89. The van der Waals surface area contributed by atoms with Gasteiger partial charge in [-0.05, 0) is 53.3 Å². The number of hydroxylamine groups is 1. The number of carbonyl (C=O) groups is 2. The Morgan fingerprint density at radius 2 is 2.03 bits per heavy atom. The minimum Gasteiger partial charge on any atom is -0.394 e. The molecule has 3 rings (SSSR count). The Morgan fingerprint density at radius 3 is 2.72 bits per heavy atom. The van der Waals surface area contributed by atoms with E-state index in [0.29, 0.717) is 23.1 Å². The molecule has 1 aliphatic rings. The Labute approximate surface area is 195 Å². The van der Waals surface area contributed by atoms with E-state index >= 15 is 4.39 Å². The molecule has 1 saturated heterocycles. The topological polar surface area (TPSA) is 103 Å². The number of benzene rings is 2. The maximum absolute atomic E-state index is 15.1. The Morgan fingerprint density at radius 1 is 1.25 bits per heavy atom. The van der Waals surface area contributed by atoms with Crippen molar-refractivity contribution in [3.8, 4) is 0 Å². The monoisotopic (exact) mass is 564 g/mol. The largest absolute Gasteiger partial charge is 0.394 e. The van der Waals surface area contributed by atoms with Crippen LogP contribution in [0.25, 0.3) is 0 Å². The molecule has 1 fully saturated rings. The number of amides is 3. The predicted octanol–water partition coefficient (Wildman–Crippen LogP) is 3.02. The molecule has 0 atom stereocenters. The molecule has 12 heteroatoms. The van der Waals surface area contributed by atoms with Crippen LogP contribution in [0.3, 0.4) is 0 Å². The van der Waals surface area contributed by atoms with Gasteiger partial charge in [-0.2, -0.15) is 0 Å². The Balaban J connectivity index is 2.00. The zero-order valence-electron chi connectivity index (χ0n) is 16.7. The van der Waals surface area contributed by atoms with E-state index in [0.717, 1.165) is 6.07 Å². The van der Waals surface area contributed by atoms with Crippen LogP contribution in [0, 0.1) is 21.0 Å². The lowest BCUT2D eigenvalue weighted by atomic mass is 10.0. The fraction of sp³-hybridized carbons (Fsp3) is 0.300. The number of nitrogens with zero attached hydrogens (tertiary/aromatic N) is 1. The van der Waals surface area contributed by atoms with Gasteiger partial charge in [-0.25, -0.2) is 23.4 Å². The molecular weight excluding hydrogens is 544 g/mol. The number of anilines is 2. The van der Waals surface area contributed by atoms with Crippen molar-refractivity contribution >= 4 is 45.9 Å². The molecule has 0 bridgehead atoms. The second kappa shape index (κ2) is 10.8. The lowest BCUT2D eigenvalue weighted by Crippen LogP contribution is -2.46. The highest BCUT2D eigenvalue weighted by atomic mass is 127. The first kappa shape index (κ1) is 24.1. The molecule has 0 unspecified atom stereocenters. The molecule has 2 aromatic rings. The SMILES string of the molecule is O=C(NOCCO)c1cc(CN2CCCNC2=O)c(F)c(F)c1Nc1ccc(I)cc1F. The van der Waals surface area contributed by atoms with Gasteiger partial charge >= 0.3 is 6.03 Å². The van der Waals surface area contributed by atoms with Crippen LogP contribution in [-0.2, 0) is 11.4 Å². The fourth-order valence-corrected chi connectivity index (χ4v) is 3.53. The number of hydrogen-bond acceptors (Lipinski definition) is 5. The highest BCUT2D eigenvalue weighted by Crippen LogP contribution is 2.31. The van der Waals surface area contributed by atoms with E-state index in [4.69, 9.17) is 9.94 Å². The van der Waals surface area contributed by atoms with E-state index < -0.39 is 35.1 Å². The summed E-state index contributed by atoms with van der Waals surface area (Å²) in [6.07, 6.45) is 0.629. The van der Waals surface area contributed by atoms with E-state index in [9.17, 15) is 18.4 Å². The summed E-state index contributed by atoms with van der Waals surface area (Å²) in [4.78, 5) is 30.7. The van der Waals surface area contributed by atoms with Gasteiger partial charge in [-0.15, -0.1) is 0 Å². The van der Waals surface area contributed by atoms with Gasteiger partial charge in [0.2, 0.25) is 0 Å². The first-order valence-corrected chi connectivity index (χ1v) is 10.7. The van der Waals surface area contributed by atoms with Crippen molar-refractivity contribution in [3.05, 3.63) is 56.4 Å². The quantitative estimate of drug-likeness (QED) is 0.225. The highest BCUT2D eigenvalue weighted by molar-refractivity contribution is 14.1. The minimum atomic E-state index is -1.41. The maximum Gasteiger partial charge on any atom is 0.317 e. The summed E-state index contributed by atoms with van der Waals surface area (Å²) in [6.45, 7) is -0.0734. The Bertz CT molecular complexity index is 1020. The molecule has 1 heterocycles. The Kier molecular flexibility index (Phi) is 8.15. The van der Waals surface area contributed by atoms with Crippen LogP contribution < -0.4 is 16.1 Å². The second-order valence-electron chi connectivity index (χ2n) is 6.85. The summed E-state index contributed by atoms with van der Waals surface area (Å²) in [6, 6.07) is 4.70. The number of urea groups is 1. The first-order valence-electron chi connectivity index (χ1n) is 9.60. The molecule has 2 aromatic carbocycles. The van der Waals surface area contributed by atoms with Crippen LogP contribution in [-0.4, -0.2) is 48.2 Å². The van der Waals surface area contributed by atoms with Crippen LogP contribution >= 0.6 is 22.6 Å². The number of nitrogens with one attached hydrogen (secondary N) is 3. The summed E-state index contributed by atoms with van der Waals surface area (Å²) in [5.41, 5.74) is 0.649.